The lowest BCUT2D eigenvalue weighted by molar-refractivity contribution is -0.137. The van der Waals surface area contributed by atoms with Gasteiger partial charge < -0.3 is 5.32 Å². The molecule has 1 aromatic heterocycles. The summed E-state index contributed by atoms with van der Waals surface area (Å²) in [6.45, 7) is 5.90. The lowest BCUT2D eigenvalue weighted by Gasteiger charge is -2.25. The van der Waals surface area contributed by atoms with Crippen LogP contribution in [0.15, 0.2) is 24.3 Å². The molecule has 1 atom stereocenters. The van der Waals surface area contributed by atoms with E-state index in [0.29, 0.717) is 0 Å². The van der Waals surface area contributed by atoms with Crippen LogP contribution in [0.3, 0.4) is 0 Å². The molecule has 2 aromatic rings. The second kappa shape index (κ2) is 6.59. The number of nitrogens with zero attached hydrogens (tertiary/aromatic N) is 2. The highest BCUT2D eigenvalue weighted by atomic mass is 19.4. The van der Waals surface area contributed by atoms with E-state index in [1.54, 1.807) is 12.1 Å². The molecule has 1 N–H and O–H groups in total. The number of nitrogens with one attached hydrogen (secondary N) is 1. The predicted octanol–water partition coefficient (Wildman–Crippen LogP) is 4.05. The zero-order valence-electron chi connectivity index (χ0n) is 14.0. The molecule has 3 rings (SSSR count). The number of hydrogen-bond donors (Lipinski definition) is 1. The molecular weight excluding hydrogens is 315 g/mol. The van der Waals surface area contributed by atoms with Crippen LogP contribution in [0.2, 0.25) is 0 Å². The van der Waals surface area contributed by atoms with Crippen LogP contribution in [0.25, 0.3) is 0 Å². The van der Waals surface area contributed by atoms with Gasteiger partial charge in [-0.15, -0.1) is 0 Å². The van der Waals surface area contributed by atoms with E-state index >= 15 is 0 Å². The fraction of sp³-hybridized carbons (Fsp3) is 0.500. The molecule has 0 unspecified atom stereocenters. The first-order valence-corrected chi connectivity index (χ1v) is 8.36. The van der Waals surface area contributed by atoms with E-state index in [0.717, 1.165) is 55.7 Å². The quantitative estimate of drug-likeness (QED) is 0.912. The van der Waals surface area contributed by atoms with Gasteiger partial charge in [-0.3, -0.25) is 4.68 Å². The largest absolute Gasteiger partial charge is 0.416 e. The number of aryl methyl sites for hydroxylation is 3. The van der Waals surface area contributed by atoms with Crippen molar-refractivity contribution in [2.75, 3.05) is 6.54 Å². The Kier molecular flexibility index (Phi) is 4.67. The van der Waals surface area contributed by atoms with Crippen LogP contribution in [0.1, 0.15) is 47.5 Å². The molecule has 0 saturated heterocycles. The van der Waals surface area contributed by atoms with E-state index in [1.165, 1.54) is 11.3 Å². The summed E-state index contributed by atoms with van der Waals surface area (Å²) in [6, 6.07) is 5.70. The van der Waals surface area contributed by atoms with Crippen molar-refractivity contribution < 1.29 is 13.2 Å². The Morgan fingerprint density at radius 3 is 2.58 bits per heavy atom. The molecule has 1 aromatic carbocycles. The molecule has 0 bridgehead atoms. The van der Waals surface area contributed by atoms with Crippen LogP contribution < -0.4 is 5.32 Å². The fourth-order valence-corrected chi connectivity index (χ4v) is 3.51. The molecule has 130 valence electrons. The van der Waals surface area contributed by atoms with Gasteiger partial charge in [0.1, 0.15) is 0 Å². The van der Waals surface area contributed by atoms with Crippen molar-refractivity contribution in [3.05, 3.63) is 52.3 Å². The van der Waals surface area contributed by atoms with Gasteiger partial charge in [0.05, 0.1) is 11.3 Å². The minimum atomic E-state index is -4.27. The normalized spacial score (nSPS) is 17.8. The topological polar surface area (TPSA) is 29.9 Å². The Hall–Kier alpha value is -1.82. The molecular formula is C18H22F3N3. The number of rotatable bonds is 4. The number of benzene rings is 1. The second-order valence-corrected chi connectivity index (χ2v) is 6.25. The predicted molar refractivity (Wildman–Crippen MR) is 86.9 cm³/mol. The van der Waals surface area contributed by atoms with Crippen LogP contribution >= 0.6 is 0 Å². The van der Waals surface area contributed by atoms with Crippen LogP contribution in [0.5, 0.6) is 0 Å². The summed E-state index contributed by atoms with van der Waals surface area (Å²) in [5.74, 6) is 0. The van der Waals surface area contributed by atoms with Gasteiger partial charge in [0, 0.05) is 36.8 Å². The van der Waals surface area contributed by atoms with Gasteiger partial charge in [0.25, 0.3) is 0 Å². The highest BCUT2D eigenvalue weighted by Crippen LogP contribution is 2.31. The summed E-state index contributed by atoms with van der Waals surface area (Å²) in [5.41, 5.74) is 3.96. The maximum atomic E-state index is 12.6. The molecule has 0 fully saturated rings. The molecule has 0 saturated carbocycles. The second-order valence-electron chi connectivity index (χ2n) is 6.25. The molecule has 0 amide bonds. The molecule has 3 nitrogen and oxygen atoms in total. The third-order valence-electron chi connectivity index (χ3n) is 4.69. The van der Waals surface area contributed by atoms with E-state index < -0.39 is 11.7 Å². The standard InChI is InChI=1S/C18H22F3N3/c1-3-24-16-10-11-22-15(17(16)12(2)23-24)9-6-13-4-7-14(8-5-13)18(19,20)21/h4-5,7-8,15,22H,3,6,9-11H2,1-2H3/t15-/m0/s1. The van der Waals surface area contributed by atoms with Crippen molar-refractivity contribution >= 4 is 0 Å². The van der Waals surface area contributed by atoms with Crippen molar-refractivity contribution in [3.8, 4) is 0 Å². The smallest absolute Gasteiger partial charge is 0.309 e. The maximum Gasteiger partial charge on any atom is 0.416 e. The van der Waals surface area contributed by atoms with Crippen molar-refractivity contribution in [1.82, 2.24) is 15.1 Å². The third-order valence-corrected chi connectivity index (χ3v) is 4.69. The molecule has 0 aliphatic carbocycles. The highest BCUT2D eigenvalue weighted by molar-refractivity contribution is 5.32. The highest BCUT2D eigenvalue weighted by Gasteiger charge is 2.30. The minimum absolute atomic E-state index is 0.219. The molecule has 6 heteroatoms. The van der Waals surface area contributed by atoms with Crippen molar-refractivity contribution in [1.29, 1.82) is 0 Å². The number of halogens is 3. The SMILES string of the molecule is CCn1nc(C)c2c1CCN[C@H]2CCc1ccc(C(F)(F)F)cc1. The fourth-order valence-electron chi connectivity index (χ4n) is 3.51. The zero-order chi connectivity index (χ0) is 17.3. The molecule has 0 radical (unpaired) electrons. The maximum absolute atomic E-state index is 12.6. The number of aromatic nitrogens is 2. The Bertz CT molecular complexity index is 702. The lowest BCUT2D eigenvalue weighted by atomic mass is 9.93. The first-order valence-electron chi connectivity index (χ1n) is 8.36. The molecule has 0 spiro atoms. The summed E-state index contributed by atoms with van der Waals surface area (Å²) in [5, 5.41) is 8.13. The molecule has 1 aliphatic heterocycles. The summed E-state index contributed by atoms with van der Waals surface area (Å²) in [4.78, 5) is 0. The molecule has 24 heavy (non-hydrogen) atoms. The zero-order valence-corrected chi connectivity index (χ0v) is 14.0. The van der Waals surface area contributed by atoms with Gasteiger partial charge >= 0.3 is 6.18 Å². The van der Waals surface area contributed by atoms with Gasteiger partial charge in [0.15, 0.2) is 0 Å². The number of fused-ring (bicyclic) bond motifs is 1. The van der Waals surface area contributed by atoms with Crippen molar-refractivity contribution in [3.63, 3.8) is 0 Å². The Labute approximate surface area is 139 Å². The monoisotopic (exact) mass is 337 g/mol. The van der Waals surface area contributed by atoms with E-state index in [1.807, 2.05) is 6.92 Å². The third kappa shape index (κ3) is 3.34. The van der Waals surface area contributed by atoms with Gasteiger partial charge in [-0.25, -0.2) is 0 Å². The van der Waals surface area contributed by atoms with E-state index in [4.69, 9.17) is 0 Å². The molecule has 2 heterocycles. The average molecular weight is 337 g/mol. The first-order chi connectivity index (χ1) is 11.4. The van der Waals surface area contributed by atoms with Crippen LogP contribution in [0, 0.1) is 6.92 Å². The van der Waals surface area contributed by atoms with E-state index in [2.05, 4.69) is 22.0 Å². The van der Waals surface area contributed by atoms with Crippen LogP contribution in [-0.2, 0) is 25.6 Å². The Balaban J connectivity index is 1.71. The summed E-state index contributed by atoms with van der Waals surface area (Å²) in [6.07, 6.45) is -1.70. The molecule has 1 aliphatic rings. The van der Waals surface area contributed by atoms with Crippen LogP contribution in [-0.4, -0.2) is 16.3 Å². The Morgan fingerprint density at radius 1 is 1.25 bits per heavy atom. The summed E-state index contributed by atoms with van der Waals surface area (Å²) < 4.78 is 39.9. The van der Waals surface area contributed by atoms with Gasteiger partial charge in [-0.2, -0.15) is 18.3 Å². The summed E-state index contributed by atoms with van der Waals surface area (Å²) >= 11 is 0. The van der Waals surface area contributed by atoms with Crippen molar-refractivity contribution in [2.24, 2.45) is 0 Å². The van der Waals surface area contributed by atoms with Crippen molar-refractivity contribution in [2.45, 2.75) is 51.9 Å². The summed E-state index contributed by atoms with van der Waals surface area (Å²) in [7, 11) is 0. The van der Waals surface area contributed by atoms with E-state index in [9.17, 15) is 13.2 Å². The van der Waals surface area contributed by atoms with E-state index in [-0.39, 0.29) is 6.04 Å². The van der Waals surface area contributed by atoms with Gasteiger partial charge in [-0.05, 0) is 44.4 Å². The number of alkyl halides is 3. The first kappa shape index (κ1) is 17.0. The number of hydrogen-bond acceptors (Lipinski definition) is 2. The lowest BCUT2D eigenvalue weighted by Crippen LogP contribution is -2.31. The average Bonchev–Trinajstić information content (AvgIpc) is 2.89. The van der Waals surface area contributed by atoms with Gasteiger partial charge in [0.2, 0.25) is 0 Å². The van der Waals surface area contributed by atoms with Crippen LogP contribution in [0.4, 0.5) is 13.2 Å². The van der Waals surface area contributed by atoms with Gasteiger partial charge in [-0.1, -0.05) is 12.1 Å². The Morgan fingerprint density at radius 2 is 1.96 bits per heavy atom. The minimum Gasteiger partial charge on any atom is -0.309 e.